The van der Waals surface area contributed by atoms with Gasteiger partial charge < -0.3 is 18.9 Å². The summed E-state index contributed by atoms with van der Waals surface area (Å²) in [6, 6.07) is 24.8. The van der Waals surface area contributed by atoms with Gasteiger partial charge in [-0.15, -0.1) is 4.73 Å². The molecule has 0 N–H and O–H groups in total. The Kier molecular flexibility index (Phi) is 9.80. The summed E-state index contributed by atoms with van der Waals surface area (Å²) in [5, 5.41) is 0. The number of nitrogens with zero attached hydrogens (tertiary/aromatic N) is 2. The first-order valence-corrected chi connectivity index (χ1v) is 13.3. The predicted octanol–water partition coefficient (Wildman–Crippen LogP) is 3.86. The van der Waals surface area contributed by atoms with Crippen molar-refractivity contribution in [3.63, 3.8) is 0 Å². The summed E-state index contributed by atoms with van der Waals surface area (Å²) in [5.74, 6) is -2.04. The zero-order chi connectivity index (χ0) is 29.1. The van der Waals surface area contributed by atoms with E-state index in [1.165, 1.54) is 18.7 Å². The Bertz CT molecular complexity index is 1440. The smallest absolute Gasteiger partial charge is 0.340 e. The molecule has 1 aliphatic rings. The van der Waals surface area contributed by atoms with Gasteiger partial charge in [-0.2, -0.15) is 0 Å². The van der Waals surface area contributed by atoms with Gasteiger partial charge in [-0.1, -0.05) is 58.9 Å². The minimum atomic E-state index is -1.39. The van der Waals surface area contributed by atoms with Crippen molar-refractivity contribution in [2.45, 2.75) is 24.6 Å². The van der Waals surface area contributed by atoms with Crippen LogP contribution in [0.2, 0.25) is 0 Å². The molecule has 4 aromatic rings. The minimum absolute atomic E-state index is 0.254. The van der Waals surface area contributed by atoms with Gasteiger partial charge in [0.15, 0.2) is 12.2 Å². The van der Waals surface area contributed by atoms with Crippen molar-refractivity contribution in [3.05, 3.63) is 126 Å². The standard InChI is InChI=1S/C29H24N2O10S/c32-26(20-10-4-1-5-11-20)35-18-23-24(37-27(33)21-12-6-2-7-13-21)25(39-42-41-40-31-17-16-30-19-31)29(36-23)38-28(34)22-14-8-3-9-15-22/h1-17,19,23-25,29H,18H2. The molecule has 1 aromatic heterocycles. The van der Waals surface area contributed by atoms with Crippen molar-refractivity contribution in [2.75, 3.05) is 6.61 Å². The molecule has 5 rings (SSSR count). The lowest BCUT2D eigenvalue weighted by Gasteiger charge is -2.23. The van der Waals surface area contributed by atoms with E-state index in [1.807, 2.05) is 0 Å². The zero-order valence-corrected chi connectivity index (χ0v) is 22.6. The summed E-state index contributed by atoms with van der Waals surface area (Å²) in [5.41, 5.74) is 0.825. The normalized spacial score (nSPS) is 19.5. The second-order valence-electron chi connectivity index (χ2n) is 8.71. The van der Waals surface area contributed by atoms with Crippen molar-refractivity contribution >= 4 is 30.2 Å². The average Bonchev–Trinajstić information content (AvgIpc) is 3.67. The molecule has 2 heterocycles. The van der Waals surface area contributed by atoms with Gasteiger partial charge in [0.05, 0.1) is 22.9 Å². The summed E-state index contributed by atoms with van der Waals surface area (Å²) in [4.78, 5) is 47.5. The maximum Gasteiger partial charge on any atom is 0.340 e. The molecule has 0 amide bonds. The maximum atomic E-state index is 13.1. The molecule has 4 unspecified atom stereocenters. The van der Waals surface area contributed by atoms with Gasteiger partial charge in [0.2, 0.25) is 18.6 Å². The lowest BCUT2D eigenvalue weighted by Crippen LogP contribution is -2.41. The van der Waals surface area contributed by atoms with Crippen LogP contribution in [0.15, 0.2) is 110 Å². The lowest BCUT2D eigenvalue weighted by molar-refractivity contribution is -0.202. The lowest BCUT2D eigenvalue weighted by atomic mass is 10.1. The number of carbonyl (C=O) groups is 3. The first-order chi connectivity index (χ1) is 20.6. The molecule has 13 heteroatoms. The Morgan fingerprint density at radius 2 is 1.33 bits per heavy atom. The number of hydrogen-bond donors (Lipinski definition) is 0. The van der Waals surface area contributed by atoms with E-state index in [9.17, 15) is 14.4 Å². The molecule has 0 bridgehead atoms. The molecule has 3 aromatic carbocycles. The molecule has 4 atom stereocenters. The molecule has 1 aliphatic heterocycles. The highest BCUT2D eigenvalue weighted by molar-refractivity contribution is 7.89. The van der Waals surface area contributed by atoms with Gasteiger partial charge in [-0.25, -0.2) is 24.4 Å². The molecule has 42 heavy (non-hydrogen) atoms. The molecule has 0 saturated carbocycles. The third-order valence-electron chi connectivity index (χ3n) is 5.92. The van der Waals surface area contributed by atoms with Crippen LogP contribution >= 0.6 is 12.3 Å². The molecular formula is C29H24N2O10S. The summed E-state index contributed by atoms with van der Waals surface area (Å²) < 4.78 is 34.7. The summed E-state index contributed by atoms with van der Waals surface area (Å²) >= 11 is 0.384. The van der Waals surface area contributed by atoms with Crippen LogP contribution in [0.4, 0.5) is 0 Å². The Morgan fingerprint density at radius 3 is 1.90 bits per heavy atom. The van der Waals surface area contributed by atoms with Gasteiger partial charge in [0, 0.05) is 6.20 Å². The van der Waals surface area contributed by atoms with Gasteiger partial charge in [-0.05, 0) is 36.4 Å². The summed E-state index contributed by atoms with van der Waals surface area (Å²) in [6.45, 7) is -0.350. The molecule has 1 fully saturated rings. The zero-order valence-electron chi connectivity index (χ0n) is 21.8. The number of aromatic nitrogens is 2. The fourth-order valence-electron chi connectivity index (χ4n) is 3.89. The largest absolute Gasteiger partial charge is 0.459 e. The highest BCUT2D eigenvalue weighted by Gasteiger charge is 2.51. The van der Waals surface area contributed by atoms with Crippen molar-refractivity contribution in [3.8, 4) is 0 Å². The van der Waals surface area contributed by atoms with E-state index in [0.717, 1.165) is 4.73 Å². The van der Waals surface area contributed by atoms with Gasteiger partial charge in [-0.3, -0.25) is 4.18 Å². The summed E-state index contributed by atoms with van der Waals surface area (Å²) in [7, 11) is 0. The first-order valence-electron chi connectivity index (χ1n) is 12.6. The third-order valence-corrected chi connectivity index (χ3v) is 6.33. The van der Waals surface area contributed by atoms with E-state index in [4.69, 9.17) is 32.5 Å². The monoisotopic (exact) mass is 592 g/mol. The number of hydrogen-bond acceptors (Lipinski definition) is 12. The van der Waals surface area contributed by atoms with E-state index >= 15 is 0 Å². The van der Waals surface area contributed by atoms with E-state index in [0.29, 0.717) is 17.9 Å². The van der Waals surface area contributed by atoms with Crippen LogP contribution in [0, 0.1) is 0 Å². The molecule has 12 nitrogen and oxygen atoms in total. The Morgan fingerprint density at radius 1 is 0.762 bits per heavy atom. The van der Waals surface area contributed by atoms with Crippen LogP contribution in [0.25, 0.3) is 0 Å². The highest BCUT2D eigenvalue weighted by atomic mass is 32.2. The molecule has 0 spiro atoms. The predicted molar refractivity (Wildman–Crippen MR) is 145 cm³/mol. The van der Waals surface area contributed by atoms with Crippen LogP contribution in [0.3, 0.4) is 0 Å². The van der Waals surface area contributed by atoms with E-state index < -0.39 is 42.5 Å². The molecule has 1 saturated heterocycles. The average molecular weight is 593 g/mol. The SMILES string of the molecule is O=C(OCC1OC(OC(=O)c2ccccc2)C(OSOOn2ccnc2)C1OC(=O)c1ccccc1)c1ccccc1. The molecule has 0 radical (unpaired) electrons. The second kappa shape index (κ2) is 14.3. The van der Waals surface area contributed by atoms with Gasteiger partial charge in [0.25, 0.3) is 0 Å². The number of imidazole rings is 1. The molecule has 216 valence electrons. The maximum absolute atomic E-state index is 13.1. The van der Waals surface area contributed by atoms with Crippen LogP contribution in [-0.2, 0) is 27.5 Å². The van der Waals surface area contributed by atoms with Crippen LogP contribution in [0.5, 0.6) is 0 Å². The molecular weight excluding hydrogens is 568 g/mol. The number of rotatable bonds is 12. The van der Waals surface area contributed by atoms with Gasteiger partial charge in [0.1, 0.15) is 19.0 Å². The van der Waals surface area contributed by atoms with E-state index in [2.05, 4.69) is 4.98 Å². The number of ether oxygens (including phenoxy) is 4. The van der Waals surface area contributed by atoms with Crippen molar-refractivity contribution in [1.29, 1.82) is 0 Å². The van der Waals surface area contributed by atoms with Crippen LogP contribution in [0.1, 0.15) is 31.1 Å². The fourth-order valence-corrected chi connectivity index (χ4v) is 4.31. The Hall–Kier alpha value is -4.69. The van der Waals surface area contributed by atoms with E-state index in [1.54, 1.807) is 91.0 Å². The summed E-state index contributed by atoms with van der Waals surface area (Å²) in [6.07, 6.45) is -0.633. The number of carbonyl (C=O) groups excluding carboxylic acids is 3. The third kappa shape index (κ3) is 7.53. The second-order valence-corrected chi connectivity index (χ2v) is 9.17. The molecule has 0 aliphatic carbocycles. The number of esters is 3. The Balaban J connectivity index is 1.35. The first kappa shape index (κ1) is 28.8. The van der Waals surface area contributed by atoms with Crippen molar-refractivity contribution < 1.29 is 46.8 Å². The topological polar surface area (TPSA) is 134 Å². The van der Waals surface area contributed by atoms with Crippen LogP contribution in [-0.4, -0.2) is 58.8 Å². The van der Waals surface area contributed by atoms with Crippen molar-refractivity contribution in [2.24, 2.45) is 0 Å². The van der Waals surface area contributed by atoms with E-state index in [-0.39, 0.29) is 17.7 Å². The van der Waals surface area contributed by atoms with Crippen molar-refractivity contribution in [1.82, 2.24) is 9.71 Å². The van der Waals surface area contributed by atoms with Gasteiger partial charge >= 0.3 is 17.9 Å². The number of benzene rings is 3. The quantitative estimate of drug-likeness (QED) is 0.0591. The minimum Gasteiger partial charge on any atom is -0.459 e. The van der Waals surface area contributed by atoms with Crippen LogP contribution < -0.4 is 4.99 Å². The fraction of sp³-hybridized carbons (Fsp3) is 0.172. The highest BCUT2D eigenvalue weighted by Crippen LogP contribution is 2.32. The Labute approximate surface area is 244 Å².